The lowest BCUT2D eigenvalue weighted by atomic mass is 9.94. The van der Waals surface area contributed by atoms with Gasteiger partial charge in [-0.25, -0.2) is 9.98 Å². The Morgan fingerprint density at radius 3 is 2.54 bits per heavy atom. The Bertz CT molecular complexity index is 559. The number of hydrogen-bond acceptors (Lipinski definition) is 4. The van der Waals surface area contributed by atoms with Crippen LogP contribution in [-0.4, -0.2) is 47.6 Å². The number of aromatic nitrogens is 1. The van der Waals surface area contributed by atoms with E-state index in [1.54, 1.807) is 6.20 Å². The van der Waals surface area contributed by atoms with Crippen LogP contribution >= 0.6 is 24.0 Å². The maximum absolute atomic E-state index is 5.81. The third-order valence-electron chi connectivity index (χ3n) is 4.35. The number of aliphatic imine (C=N–C) groups is 1. The molecule has 1 aromatic heterocycles. The average molecular weight is 477 g/mol. The second-order valence-electron chi connectivity index (χ2n) is 8.05. The Kier molecular flexibility index (Phi) is 9.36. The van der Waals surface area contributed by atoms with E-state index >= 15 is 0 Å². The minimum Gasteiger partial charge on any atom is -0.443 e. The minimum absolute atomic E-state index is 0. The number of halogens is 1. The van der Waals surface area contributed by atoms with Crippen LogP contribution in [0.5, 0.6) is 0 Å². The molecule has 1 aliphatic carbocycles. The van der Waals surface area contributed by atoms with Gasteiger partial charge in [-0.1, -0.05) is 20.8 Å². The van der Waals surface area contributed by atoms with Crippen molar-refractivity contribution in [3.63, 3.8) is 0 Å². The Morgan fingerprint density at radius 2 is 2.04 bits per heavy atom. The first-order valence-corrected chi connectivity index (χ1v) is 9.54. The lowest BCUT2D eigenvalue weighted by molar-refractivity contribution is 0.215. The van der Waals surface area contributed by atoms with Crippen molar-refractivity contribution < 1.29 is 4.42 Å². The molecule has 0 bridgehead atoms. The highest BCUT2D eigenvalue weighted by molar-refractivity contribution is 14.0. The predicted molar refractivity (Wildman–Crippen MR) is 118 cm³/mol. The molecule has 0 spiro atoms. The molecule has 0 radical (unpaired) electrons. The fraction of sp³-hybridized carbons (Fsp3) is 0.789. The highest BCUT2D eigenvalue weighted by Gasteiger charge is 2.30. The van der Waals surface area contributed by atoms with E-state index in [4.69, 9.17) is 4.42 Å². The maximum Gasteiger partial charge on any atom is 0.216 e. The van der Waals surface area contributed by atoms with E-state index in [0.29, 0.717) is 18.5 Å². The van der Waals surface area contributed by atoms with E-state index in [2.05, 4.69) is 67.1 Å². The Hall–Kier alpha value is -0.830. The standard InChI is InChI=1S/C19H35N5O.HI/c1-7-20-18(21-10-11-24(14(2)3)15-8-9-15)23-13-17-22-12-16(25-17)19(4,5)6;/h12,14-15H,7-11,13H2,1-6H3,(H2,20,21,23);1H. The largest absolute Gasteiger partial charge is 0.443 e. The summed E-state index contributed by atoms with van der Waals surface area (Å²) in [7, 11) is 0. The van der Waals surface area contributed by atoms with Crippen molar-refractivity contribution in [1.82, 2.24) is 20.5 Å². The van der Waals surface area contributed by atoms with Gasteiger partial charge in [-0.2, -0.15) is 0 Å². The second-order valence-corrected chi connectivity index (χ2v) is 8.05. The third-order valence-corrected chi connectivity index (χ3v) is 4.35. The van der Waals surface area contributed by atoms with Gasteiger partial charge in [0.15, 0.2) is 5.96 Å². The molecule has 1 heterocycles. The fourth-order valence-electron chi connectivity index (χ4n) is 2.79. The van der Waals surface area contributed by atoms with Gasteiger partial charge in [0.25, 0.3) is 0 Å². The van der Waals surface area contributed by atoms with Crippen LogP contribution in [0, 0.1) is 0 Å². The predicted octanol–water partition coefficient (Wildman–Crippen LogP) is 3.52. The monoisotopic (exact) mass is 477 g/mol. The molecule has 0 atom stereocenters. The quantitative estimate of drug-likeness (QED) is 0.341. The summed E-state index contributed by atoms with van der Waals surface area (Å²) in [6.45, 7) is 16.2. The van der Waals surface area contributed by atoms with Crippen LogP contribution in [0.15, 0.2) is 15.6 Å². The summed E-state index contributed by atoms with van der Waals surface area (Å²) in [5.41, 5.74) is -0.0270. The zero-order valence-corrected chi connectivity index (χ0v) is 19.5. The number of nitrogens with zero attached hydrogens (tertiary/aromatic N) is 3. The molecule has 0 aliphatic heterocycles. The van der Waals surface area contributed by atoms with Gasteiger partial charge < -0.3 is 15.1 Å². The number of rotatable bonds is 8. The summed E-state index contributed by atoms with van der Waals surface area (Å²) in [6, 6.07) is 1.38. The van der Waals surface area contributed by atoms with Crippen LogP contribution < -0.4 is 10.6 Å². The molecular weight excluding hydrogens is 441 g/mol. The number of guanidine groups is 1. The van der Waals surface area contributed by atoms with E-state index < -0.39 is 0 Å². The Labute approximate surface area is 175 Å². The average Bonchev–Trinajstić information content (AvgIpc) is 3.23. The number of oxazole rings is 1. The van der Waals surface area contributed by atoms with Gasteiger partial charge in [0, 0.05) is 37.1 Å². The molecule has 7 heteroatoms. The van der Waals surface area contributed by atoms with Crippen LogP contribution in [0.3, 0.4) is 0 Å². The van der Waals surface area contributed by atoms with Crippen molar-refractivity contribution in [2.24, 2.45) is 4.99 Å². The highest BCUT2D eigenvalue weighted by Crippen LogP contribution is 2.28. The molecule has 1 aromatic rings. The molecule has 150 valence electrons. The molecule has 1 saturated carbocycles. The van der Waals surface area contributed by atoms with Crippen molar-refractivity contribution in [2.75, 3.05) is 19.6 Å². The molecule has 2 N–H and O–H groups in total. The van der Waals surface area contributed by atoms with Crippen LogP contribution in [0.25, 0.3) is 0 Å². The van der Waals surface area contributed by atoms with E-state index in [0.717, 1.165) is 37.4 Å². The van der Waals surface area contributed by atoms with Crippen LogP contribution in [0.1, 0.15) is 66.0 Å². The van der Waals surface area contributed by atoms with Gasteiger partial charge in [0.1, 0.15) is 12.3 Å². The minimum atomic E-state index is -0.0270. The first kappa shape index (κ1) is 23.2. The zero-order chi connectivity index (χ0) is 18.4. The smallest absolute Gasteiger partial charge is 0.216 e. The van der Waals surface area contributed by atoms with Crippen LogP contribution in [0.4, 0.5) is 0 Å². The molecule has 0 unspecified atom stereocenters. The first-order valence-electron chi connectivity index (χ1n) is 9.54. The van der Waals surface area contributed by atoms with E-state index in [1.807, 2.05) is 0 Å². The topological polar surface area (TPSA) is 65.7 Å². The summed E-state index contributed by atoms with van der Waals surface area (Å²) in [6.07, 6.45) is 4.49. The van der Waals surface area contributed by atoms with Crippen LogP contribution in [0.2, 0.25) is 0 Å². The van der Waals surface area contributed by atoms with Gasteiger partial charge in [0.05, 0.1) is 6.20 Å². The Balaban J connectivity index is 0.00000338. The van der Waals surface area contributed by atoms with E-state index in [9.17, 15) is 0 Å². The normalized spacial score (nSPS) is 15.3. The number of nitrogens with one attached hydrogen (secondary N) is 2. The Morgan fingerprint density at radius 1 is 1.35 bits per heavy atom. The van der Waals surface area contributed by atoms with Gasteiger partial charge in [0.2, 0.25) is 5.89 Å². The molecule has 6 nitrogen and oxygen atoms in total. The summed E-state index contributed by atoms with van der Waals surface area (Å²) >= 11 is 0. The molecular formula is C19H36IN5O. The highest BCUT2D eigenvalue weighted by atomic mass is 127. The van der Waals surface area contributed by atoms with Crippen molar-refractivity contribution >= 4 is 29.9 Å². The maximum atomic E-state index is 5.81. The van der Waals surface area contributed by atoms with Crippen molar-refractivity contribution in [1.29, 1.82) is 0 Å². The lowest BCUT2D eigenvalue weighted by Crippen LogP contribution is -2.43. The van der Waals surface area contributed by atoms with Crippen molar-refractivity contribution in [3.05, 3.63) is 17.8 Å². The molecule has 26 heavy (non-hydrogen) atoms. The van der Waals surface area contributed by atoms with Crippen molar-refractivity contribution in [3.8, 4) is 0 Å². The van der Waals surface area contributed by atoms with Gasteiger partial charge in [-0.3, -0.25) is 4.90 Å². The van der Waals surface area contributed by atoms with E-state index in [-0.39, 0.29) is 29.4 Å². The SMILES string of the molecule is CCNC(=NCc1ncc(C(C)(C)C)o1)NCCN(C(C)C)C1CC1.I. The van der Waals surface area contributed by atoms with Crippen LogP contribution in [-0.2, 0) is 12.0 Å². The first-order chi connectivity index (χ1) is 11.8. The molecule has 0 aromatic carbocycles. The van der Waals surface area contributed by atoms with Crippen molar-refractivity contribution in [2.45, 2.75) is 78.4 Å². The summed E-state index contributed by atoms with van der Waals surface area (Å²) in [5.74, 6) is 2.37. The lowest BCUT2D eigenvalue weighted by Gasteiger charge is -2.26. The van der Waals surface area contributed by atoms with Gasteiger partial charge in [-0.15, -0.1) is 24.0 Å². The summed E-state index contributed by atoms with van der Waals surface area (Å²) in [4.78, 5) is 11.5. The van der Waals surface area contributed by atoms with Gasteiger partial charge in [-0.05, 0) is 33.6 Å². The molecule has 1 aliphatic rings. The summed E-state index contributed by atoms with van der Waals surface area (Å²) in [5, 5.41) is 6.71. The van der Waals surface area contributed by atoms with E-state index in [1.165, 1.54) is 12.8 Å². The third kappa shape index (κ3) is 7.42. The summed E-state index contributed by atoms with van der Waals surface area (Å²) < 4.78 is 5.81. The second kappa shape index (κ2) is 10.5. The van der Waals surface area contributed by atoms with Gasteiger partial charge >= 0.3 is 0 Å². The number of hydrogen-bond donors (Lipinski definition) is 2. The molecule has 0 amide bonds. The molecule has 1 fully saturated rings. The fourth-order valence-corrected chi connectivity index (χ4v) is 2.79. The molecule has 2 rings (SSSR count). The molecule has 0 saturated heterocycles. The zero-order valence-electron chi connectivity index (χ0n) is 17.1.